The molecule has 33 heavy (non-hydrogen) atoms. The van der Waals surface area contributed by atoms with Crippen molar-refractivity contribution in [2.75, 3.05) is 11.1 Å². The van der Waals surface area contributed by atoms with Crippen LogP contribution in [0.3, 0.4) is 0 Å². The lowest BCUT2D eigenvalue weighted by Crippen LogP contribution is -2.31. The van der Waals surface area contributed by atoms with Crippen molar-refractivity contribution in [3.63, 3.8) is 0 Å². The lowest BCUT2D eigenvalue weighted by Gasteiger charge is -2.33. The summed E-state index contributed by atoms with van der Waals surface area (Å²) in [6.45, 7) is 3.98. The molecule has 0 spiro atoms. The van der Waals surface area contributed by atoms with Crippen molar-refractivity contribution in [2.24, 2.45) is 0 Å². The summed E-state index contributed by atoms with van der Waals surface area (Å²) in [4.78, 5) is 25.5. The number of thioether (sulfide) groups is 1. The van der Waals surface area contributed by atoms with E-state index in [0.717, 1.165) is 40.9 Å². The van der Waals surface area contributed by atoms with Crippen LogP contribution >= 0.6 is 23.4 Å². The minimum atomic E-state index is -0.458. The Balaban J connectivity index is 1.61. The number of dihydropyridines is 1. The molecule has 1 heterocycles. The minimum absolute atomic E-state index is 0.0631. The van der Waals surface area contributed by atoms with Gasteiger partial charge in [0.1, 0.15) is 0 Å². The number of aryl methyl sites for hydroxylation is 1. The van der Waals surface area contributed by atoms with Crippen molar-refractivity contribution in [1.29, 1.82) is 5.26 Å². The molecule has 1 atom stereocenters. The van der Waals surface area contributed by atoms with Crippen molar-refractivity contribution in [3.05, 3.63) is 86.0 Å². The molecule has 1 aliphatic carbocycles. The van der Waals surface area contributed by atoms with Gasteiger partial charge in [0.25, 0.3) is 0 Å². The Labute approximate surface area is 202 Å². The van der Waals surface area contributed by atoms with Gasteiger partial charge in [-0.1, -0.05) is 47.6 Å². The van der Waals surface area contributed by atoms with Gasteiger partial charge in [0.05, 0.1) is 28.3 Å². The molecule has 2 aromatic rings. The smallest absolute Gasteiger partial charge is 0.234 e. The Bertz CT molecular complexity index is 1230. The van der Waals surface area contributed by atoms with Gasteiger partial charge in [-0.3, -0.25) is 9.59 Å². The van der Waals surface area contributed by atoms with E-state index in [0.29, 0.717) is 27.6 Å². The molecule has 2 aliphatic rings. The number of halogens is 1. The molecule has 168 valence electrons. The van der Waals surface area contributed by atoms with Crippen LogP contribution in [0.2, 0.25) is 5.02 Å². The number of carbonyl (C=O) groups is 2. The molecule has 0 unspecified atom stereocenters. The van der Waals surface area contributed by atoms with Gasteiger partial charge in [0.2, 0.25) is 5.91 Å². The van der Waals surface area contributed by atoms with Crippen LogP contribution in [0.15, 0.2) is 64.3 Å². The Kier molecular flexibility index (Phi) is 6.92. The molecule has 0 fully saturated rings. The summed E-state index contributed by atoms with van der Waals surface area (Å²) in [5, 5.41) is 17.6. The number of ketones is 1. The molecular weight excluding hydrogens is 454 g/mol. The van der Waals surface area contributed by atoms with Crippen LogP contribution in [0.5, 0.6) is 0 Å². The van der Waals surface area contributed by atoms with Crippen LogP contribution in [-0.4, -0.2) is 17.4 Å². The lowest BCUT2D eigenvalue weighted by atomic mass is 9.77. The quantitative estimate of drug-likeness (QED) is 0.572. The number of nitrogens with one attached hydrogen (secondary N) is 2. The number of benzene rings is 2. The number of amides is 1. The first-order valence-electron chi connectivity index (χ1n) is 10.8. The summed E-state index contributed by atoms with van der Waals surface area (Å²) in [7, 11) is 0. The standard InChI is InChI=1S/C26H24ClN3O2S/c1-15-5-3-6-20(16(15)2)29-23(32)14-33-26-19(13-28)24(17-9-11-18(27)12-10-17)25-21(30-26)7-4-8-22(25)31/h3,5-6,9-12,24,30H,4,7-8,14H2,1-2H3,(H,29,32)/t24-/m1/s1. The monoisotopic (exact) mass is 477 g/mol. The highest BCUT2D eigenvalue weighted by atomic mass is 35.5. The molecule has 4 rings (SSSR count). The molecule has 2 N–H and O–H groups in total. The highest BCUT2D eigenvalue weighted by molar-refractivity contribution is 8.03. The van der Waals surface area contributed by atoms with E-state index in [2.05, 4.69) is 16.7 Å². The van der Waals surface area contributed by atoms with Crippen molar-refractivity contribution in [2.45, 2.75) is 39.0 Å². The highest BCUT2D eigenvalue weighted by Gasteiger charge is 2.37. The maximum atomic E-state index is 12.8. The molecule has 1 aliphatic heterocycles. The molecule has 2 aromatic carbocycles. The number of Topliss-reactive ketones (excluding diaryl/α,β-unsaturated/α-hetero) is 1. The van der Waals surface area contributed by atoms with Gasteiger partial charge in [0.15, 0.2) is 5.78 Å². The van der Waals surface area contributed by atoms with Crippen LogP contribution in [0.4, 0.5) is 5.69 Å². The molecule has 0 radical (unpaired) electrons. The number of anilines is 1. The average Bonchev–Trinajstić information content (AvgIpc) is 2.80. The second kappa shape index (κ2) is 9.86. The Morgan fingerprint density at radius 1 is 1.21 bits per heavy atom. The molecule has 1 amide bonds. The molecule has 0 bridgehead atoms. The van der Waals surface area contributed by atoms with Gasteiger partial charge in [0, 0.05) is 28.4 Å². The molecule has 0 aromatic heterocycles. The number of hydrogen-bond donors (Lipinski definition) is 2. The Morgan fingerprint density at radius 2 is 1.97 bits per heavy atom. The third-order valence-electron chi connectivity index (χ3n) is 6.09. The molecule has 7 heteroatoms. The van der Waals surface area contributed by atoms with E-state index in [1.807, 2.05) is 44.2 Å². The van der Waals surface area contributed by atoms with E-state index in [-0.39, 0.29) is 17.4 Å². The summed E-state index contributed by atoms with van der Waals surface area (Å²) >= 11 is 7.36. The fourth-order valence-corrected chi connectivity index (χ4v) is 5.22. The van der Waals surface area contributed by atoms with Crippen LogP contribution < -0.4 is 10.6 Å². The third kappa shape index (κ3) is 4.85. The minimum Gasteiger partial charge on any atom is -0.352 e. The van der Waals surface area contributed by atoms with E-state index in [4.69, 9.17) is 11.6 Å². The molecule has 0 saturated carbocycles. The van der Waals surface area contributed by atoms with Crippen molar-refractivity contribution >= 4 is 40.7 Å². The van der Waals surface area contributed by atoms with Gasteiger partial charge >= 0.3 is 0 Å². The molecule has 0 saturated heterocycles. The Morgan fingerprint density at radius 3 is 2.70 bits per heavy atom. The molecule has 5 nitrogen and oxygen atoms in total. The SMILES string of the molecule is Cc1cccc(NC(=O)CSC2=C(C#N)[C@@H](c3ccc(Cl)cc3)C3=C(CCCC3=O)N2)c1C. The maximum absolute atomic E-state index is 12.8. The predicted molar refractivity (Wildman–Crippen MR) is 133 cm³/mol. The van der Waals surface area contributed by atoms with Crippen LogP contribution in [-0.2, 0) is 9.59 Å². The average molecular weight is 478 g/mol. The summed E-state index contributed by atoms with van der Waals surface area (Å²) in [5.41, 5.74) is 5.73. The van der Waals surface area contributed by atoms with Crippen LogP contribution in [0.1, 0.15) is 41.9 Å². The molecular formula is C26H24ClN3O2S. The lowest BCUT2D eigenvalue weighted by molar-refractivity contribution is -0.116. The second-order valence-corrected chi connectivity index (χ2v) is 9.64. The van der Waals surface area contributed by atoms with Gasteiger partial charge in [-0.2, -0.15) is 5.26 Å². The largest absolute Gasteiger partial charge is 0.352 e. The predicted octanol–water partition coefficient (Wildman–Crippen LogP) is 5.76. The topological polar surface area (TPSA) is 82.0 Å². The van der Waals surface area contributed by atoms with E-state index >= 15 is 0 Å². The van der Waals surface area contributed by atoms with Gasteiger partial charge in [-0.05, 0) is 61.6 Å². The van der Waals surface area contributed by atoms with Gasteiger partial charge in [-0.25, -0.2) is 0 Å². The summed E-state index contributed by atoms with van der Waals surface area (Å²) in [6.07, 6.45) is 1.98. The first kappa shape index (κ1) is 23.2. The van der Waals surface area contributed by atoms with Gasteiger partial charge < -0.3 is 10.6 Å². The zero-order chi connectivity index (χ0) is 23.5. The maximum Gasteiger partial charge on any atom is 0.234 e. The first-order valence-corrected chi connectivity index (χ1v) is 12.2. The van der Waals surface area contributed by atoms with Crippen molar-refractivity contribution in [1.82, 2.24) is 5.32 Å². The summed E-state index contributed by atoms with van der Waals surface area (Å²) < 4.78 is 0. The van der Waals surface area contributed by atoms with Crippen LogP contribution in [0, 0.1) is 25.2 Å². The van der Waals surface area contributed by atoms with Crippen molar-refractivity contribution in [3.8, 4) is 6.07 Å². The number of hydrogen-bond acceptors (Lipinski definition) is 5. The van der Waals surface area contributed by atoms with Gasteiger partial charge in [-0.15, -0.1) is 0 Å². The number of rotatable bonds is 5. The first-order chi connectivity index (χ1) is 15.9. The number of nitriles is 1. The number of nitrogens with zero attached hydrogens (tertiary/aromatic N) is 1. The zero-order valence-electron chi connectivity index (χ0n) is 18.5. The second-order valence-electron chi connectivity index (χ2n) is 8.22. The number of allylic oxidation sites excluding steroid dienone is 3. The van der Waals surface area contributed by atoms with Crippen LogP contribution in [0.25, 0.3) is 0 Å². The highest BCUT2D eigenvalue weighted by Crippen LogP contribution is 2.44. The van der Waals surface area contributed by atoms with Crippen molar-refractivity contribution < 1.29 is 9.59 Å². The summed E-state index contributed by atoms with van der Waals surface area (Å²) in [6, 6.07) is 15.4. The summed E-state index contributed by atoms with van der Waals surface area (Å²) in [5.74, 6) is -0.401. The normalized spacial score (nSPS) is 17.9. The van der Waals surface area contributed by atoms with E-state index in [9.17, 15) is 14.9 Å². The fourth-order valence-electron chi connectivity index (χ4n) is 4.24. The third-order valence-corrected chi connectivity index (χ3v) is 7.36. The van der Waals surface area contributed by atoms with E-state index < -0.39 is 5.92 Å². The zero-order valence-corrected chi connectivity index (χ0v) is 20.1. The van der Waals surface area contributed by atoms with E-state index in [1.165, 1.54) is 11.8 Å². The number of carbonyl (C=O) groups excluding carboxylic acids is 2. The fraction of sp³-hybridized carbons (Fsp3) is 0.269. The Hall–Kier alpha value is -3.01. The van der Waals surface area contributed by atoms with E-state index in [1.54, 1.807) is 12.1 Å².